The fourth-order valence-corrected chi connectivity index (χ4v) is 2.34. The zero-order valence-electron chi connectivity index (χ0n) is 9.24. The van der Waals surface area contributed by atoms with Gasteiger partial charge in [-0.2, -0.15) is 0 Å². The number of halogens is 2. The number of carbonyl (C=O) groups is 2. The van der Waals surface area contributed by atoms with Crippen molar-refractivity contribution in [1.29, 1.82) is 0 Å². The summed E-state index contributed by atoms with van der Waals surface area (Å²) in [7, 11) is 0. The van der Waals surface area contributed by atoms with Crippen molar-refractivity contribution in [1.82, 2.24) is 0 Å². The number of rotatable bonds is 5. The summed E-state index contributed by atoms with van der Waals surface area (Å²) in [6.07, 6.45) is 0.249. The number of carbonyl (C=O) groups excluding carboxylic acids is 1. The Morgan fingerprint density at radius 1 is 1.29 bits per heavy atom. The van der Waals surface area contributed by atoms with Gasteiger partial charge < -0.3 is 5.11 Å². The topological polar surface area (TPSA) is 54.4 Å². The van der Waals surface area contributed by atoms with Crippen LogP contribution in [0.4, 0.5) is 0 Å². The Bertz CT molecular complexity index is 443. The van der Waals surface area contributed by atoms with Crippen LogP contribution >= 0.6 is 31.9 Å². The Morgan fingerprint density at radius 2 is 1.94 bits per heavy atom. The van der Waals surface area contributed by atoms with E-state index in [4.69, 9.17) is 5.11 Å². The molecule has 1 rings (SSSR count). The second-order valence-electron chi connectivity index (χ2n) is 3.95. The Labute approximate surface area is 116 Å². The van der Waals surface area contributed by atoms with Gasteiger partial charge >= 0.3 is 5.97 Å². The predicted octanol–water partition coefficient (Wildman–Crippen LogP) is 3.90. The Hall–Kier alpha value is -0.680. The van der Waals surface area contributed by atoms with E-state index >= 15 is 0 Å². The van der Waals surface area contributed by atoms with Crippen molar-refractivity contribution in [2.24, 2.45) is 5.92 Å². The molecule has 0 aromatic heterocycles. The summed E-state index contributed by atoms with van der Waals surface area (Å²) >= 11 is 6.62. The summed E-state index contributed by atoms with van der Waals surface area (Å²) in [5.41, 5.74) is 0.580. The van der Waals surface area contributed by atoms with Crippen LogP contribution < -0.4 is 0 Å². The van der Waals surface area contributed by atoms with E-state index in [0.717, 1.165) is 8.95 Å². The molecular weight excluding hydrogens is 352 g/mol. The zero-order chi connectivity index (χ0) is 13.0. The van der Waals surface area contributed by atoms with Crippen LogP contribution in [0, 0.1) is 5.92 Å². The van der Waals surface area contributed by atoms with Gasteiger partial charge in [-0.15, -0.1) is 0 Å². The molecule has 0 aliphatic rings. The minimum absolute atomic E-state index is 0.0113. The first-order valence-corrected chi connectivity index (χ1v) is 6.68. The lowest BCUT2D eigenvalue weighted by molar-refractivity contribution is -0.137. The highest BCUT2D eigenvalue weighted by Crippen LogP contribution is 2.24. The maximum absolute atomic E-state index is 12.0. The number of hydrogen-bond acceptors (Lipinski definition) is 2. The lowest BCUT2D eigenvalue weighted by Gasteiger charge is -2.09. The summed E-state index contributed by atoms with van der Waals surface area (Å²) in [4.78, 5) is 22.5. The number of carboxylic acids is 1. The molecule has 0 spiro atoms. The van der Waals surface area contributed by atoms with Crippen molar-refractivity contribution in [2.75, 3.05) is 0 Å². The van der Waals surface area contributed by atoms with E-state index in [0.29, 0.717) is 5.56 Å². The minimum Gasteiger partial charge on any atom is -0.481 e. The molecule has 0 amide bonds. The van der Waals surface area contributed by atoms with Gasteiger partial charge in [-0.1, -0.05) is 38.8 Å². The monoisotopic (exact) mass is 362 g/mol. The van der Waals surface area contributed by atoms with E-state index in [2.05, 4.69) is 31.9 Å². The molecule has 1 N–H and O–H groups in total. The Kier molecular flexibility index (Phi) is 5.33. The molecule has 0 heterocycles. The lowest BCUT2D eigenvalue weighted by Crippen LogP contribution is -2.10. The molecule has 0 bridgehead atoms. The molecule has 0 fully saturated rings. The third-order valence-electron chi connectivity index (χ3n) is 2.29. The van der Waals surface area contributed by atoms with E-state index in [1.54, 1.807) is 19.1 Å². The molecule has 3 nitrogen and oxygen atoms in total. The lowest BCUT2D eigenvalue weighted by atomic mass is 9.97. The van der Waals surface area contributed by atoms with Crippen LogP contribution in [0.5, 0.6) is 0 Å². The van der Waals surface area contributed by atoms with Gasteiger partial charge in [0, 0.05) is 27.4 Å². The van der Waals surface area contributed by atoms with Crippen LogP contribution in [0.1, 0.15) is 30.1 Å². The highest BCUT2D eigenvalue weighted by atomic mass is 79.9. The normalized spacial score (nSPS) is 12.2. The molecule has 5 heteroatoms. The molecule has 0 saturated heterocycles. The van der Waals surface area contributed by atoms with Gasteiger partial charge in [-0.05, 0) is 24.1 Å². The number of carboxylic acid groups (broad SMARTS) is 1. The minimum atomic E-state index is -0.876. The fraction of sp³-hybridized carbons (Fsp3) is 0.333. The molecule has 0 saturated carbocycles. The van der Waals surface area contributed by atoms with Gasteiger partial charge in [0.25, 0.3) is 0 Å². The molecule has 92 valence electrons. The third kappa shape index (κ3) is 4.60. The first-order chi connectivity index (χ1) is 7.90. The first kappa shape index (κ1) is 14.4. The molecule has 1 aromatic rings. The van der Waals surface area contributed by atoms with Crippen molar-refractivity contribution in [3.8, 4) is 0 Å². The van der Waals surface area contributed by atoms with Gasteiger partial charge in [0.15, 0.2) is 5.78 Å². The zero-order valence-corrected chi connectivity index (χ0v) is 12.4. The summed E-state index contributed by atoms with van der Waals surface area (Å²) in [6, 6.07) is 5.36. The van der Waals surface area contributed by atoms with Gasteiger partial charge in [-0.25, -0.2) is 0 Å². The Morgan fingerprint density at radius 3 is 2.53 bits per heavy atom. The summed E-state index contributed by atoms with van der Waals surface area (Å²) in [6.45, 7) is 1.76. The summed E-state index contributed by atoms with van der Waals surface area (Å²) in [5.74, 6) is -1.09. The highest BCUT2D eigenvalue weighted by molar-refractivity contribution is 9.11. The van der Waals surface area contributed by atoms with Crippen molar-refractivity contribution in [3.63, 3.8) is 0 Å². The average molecular weight is 364 g/mol. The number of aliphatic carboxylic acids is 1. The van der Waals surface area contributed by atoms with Gasteiger partial charge in [-0.3, -0.25) is 9.59 Å². The van der Waals surface area contributed by atoms with Crippen LogP contribution in [-0.2, 0) is 4.79 Å². The summed E-state index contributed by atoms with van der Waals surface area (Å²) < 4.78 is 1.56. The second-order valence-corrected chi connectivity index (χ2v) is 5.72. The van der Waals surface area contributed by atoms with Crippen molar-refractivity contribution >= 4 is 43.6 Å². The first-order valence-electron chi connectivity index (χ1n) is 5.10. The van der Waals surface area contributed by atoms with Crippen molar-refractivity contribution in [2.45, 2.75) is 19.8 Å². The van der Waals surface area contributed by atoms with Crippen LogP contribution in [0.25, 0.3) is 0 Å². The van der Waals surface area contributed by atoms with Crippen LogP contribution in [0.2, 0.25) is 0 Å². The van der Waals surface area contributed by atoms with E-state index in [-0.39, 0.29) is 24.5 Å². The number of benzene rings is 1. The fourth-order valence-electron chi connectivity index (χ4n) is 1.51. The van der Waals surface area contributed by atoms with E-state index < -0.39 is 5.97 Å². The largest absolute Gasteiger partial charge is 0.481 e. The quantitative estimate of drug-likeness (QED) is 0.807. The standard InChI is InChI=1S/C12H12Br2O3/c1-7(5-12(16)17)4-11(15)9-6-8(13)2-3-10(9)14/h2-3,6-7H,4-5H2,1H3,(H,16,17). The molecule has 1 aromatic carbocycles. The molecular formula is C12H12Br2O3. The van der Waals surface area contributed by atoms with Gasteiger partial charge in [0.2, 0.25) is 0 Å². The number of Topliss-reactive ketones (excluding diaryl/α,β-unsaturated/α-hetero) is 1. The molecule has 17 heavy (non-hydrogen) atoms. The van der Waals surface area contributed by atoms with Crippen molar-refractivity contribution < 1.29 is 14.7 Å². The van der Waals surface area contributed by atoms with Crippen LogP contribution in [0.15, 0.2) is 27.1 Å². The van der Waals surface area contributed by atoms with E-state index in [1.165, 1.54) is 0 Å². The SMILES string of the molecule is CC(CC(=O)O)CC(=O)c1cc(Br)ccc1Br. The molecule has 0 aliphatic carbocycles. The smallest absolute Gasteiger partial charge is 0.303 e. The van der Waals surface area contributed by atoms with E-state index in [9.17, 15) is 9.59 Å². The van der Waals surface area contributed by atoms with Gasteiger partial charge in [0.1, 0.15) is 0 Å². The molecule has 1 atom stereocenters. The second kappa shape index (κ2) is 6.31. The Balaban J connectivity index is 2.76. The maximum atomic E-state index is 12.0. The molecule has 0 aliphatic heterocycles. The predicted molar refractivity (Wildman–Crippen MR) is 72.2 cm³/mol. The molecule has 0 radical (unpaired) electrons. The molecule has 1 unspecified atom stereocenters. The third-order valence-corrected chi connectivity index (χ3v) is 3.47. The van der Waals surface area contributed by atoms with Crippen LogP contribution in [-0.4, -0.2) is 16.9 Å². The summed E-state index contributed by atoms with van der Waals surface area (Å²) in [5, 5.41) is 8.64. The highest BCUT2D eigenvalue weighted by Gasteiger charge is 2.16. The maximum Gasteiger partial charge on any atom is 0.303 e. The number of ketones is 1. The van der Waals surface area contributed by atoms with Crippen LogP contribution in [0.3, 0.4) is 0 Å². The van der Waals surface area contributed by atoms with E-state index in [1.807, 2.05) is 6.07 Å². The van der Waals surface area contributed by atoms with Crippen molar-refractivity contribution in [3.05, 3.63) is 32.7 Å². The average Bonchev–Trinajstić information content (AvgIpc) is 2.20. The number of hydrogen-bond donors (Lipinski definition) is 1. The van der Waals surface area contributed by atoms with Gasteiger partial charge in [0.05, 0.1) is 0 Å².